The number of ether oxygens (including phenoxy) is 3. The minimum atomic E-state index is 0.291. The summed E-state index contributed by atoms with van der Waals surface area (Å²) in [5.41, 5.74) is 0. The van der Waals surface area contributed by atoms with Crippen molar-refractivity contribution in [1.82, 2.24) is 4.98 Å². The molecule has 0 N–H and O–H groups in total. The number of hydrogen-bond acceptors (Lipinski definition) is 5. The second kappa shape index (κ2) is 6.52. The fraction of sp³-hybridized carbons (Fsp3) is 0.267. The summed E-state index contributed by atoms with van der Waals surface area (Å²) >= 11 is 1.74. The first-order valence-corrected chi connectivity index (χ1v) is 7.47. The maximum atomic E-state index is 5.70. The molecule has 20 heavy (non-hydrogen) atoms. The van der Waals surface area contributed by atoms with Gasteiger partial charge in [0.25, 0.3) is 0 Å². The van der Waals surface area contributed by atoms with Gasteiger partial charge in [0, 0.05) is 18.0 Å². The standard InChI is InChI=1S/C15H15NO3S/c1-2-7-16-15(4-1)20-9-3-8-17-12-5-6-13-14(10-12)19-11-18-13/h1-2,4-7,10H,3,8-9,11H2. The third-order valence-corrected chi connectivity index (χ3v) is 3.82. The van der Waals surface area contributed by atoms with E-state index in [0.717, 1.165) is 34.4 Å². The summed E-state index contributed by atoms with van der Waals surface area (Å²) in [6, 6.07) is 11.6. The number of aromatic nitrogens is 1. The van der Waals surface area contributed by atoms with E-state index in [1.54, 1.807) is 11.8 Å². The van der Waals surface area contributed by atoms with Gasteiger partial charge in [0.2, 0.25) is 6.79 Å². The van der Waals surface area contributed by atoms with Crippen LogP contribution in [0.5, 0.6) is 17.2 Å². The molecule has 1 aromatic carbocycles. The predicted molar refractivity (Wildman–Crippen MR) is 77.6 cm³/mol. The van der Waals surface area contributed by atoms with Crippen molar-refractivity contribution in [2.45, 2.75) is 11.4 Å². The first-order chi connectivity index (χ1) is 9.92. The Balaban J connectivity index is 1.40. The van der Waals surface area contributed by atoms with Crippen molar-refractivity contribution in [3.8, 4) is 17.2 Å². The quantitative estimate of drug-likeness (QED) is 0.602. The van der Waals surface area contributed by atoms with Crippen molar-refractivity contribution in [3.05, 3.63) is 42.6 Å². The molecule has 0 fully saturated rings. The van der Waals surface area contributed by atoms with Gasteiger partial charge in [-0.1, -0.05) is 6.07 Å². The molecule has 1 aliphatic heterocycles. The van der Waals surface area contributed by atoms with Crippen molar-refractivity contribution in [1.29, 1.82) is 0 Å². The predicted octanol–water partition coefficient (Wildman–Crippen LogP) is 3.37. The Morgan fingerprint density at radius 2 is 2.10 bits per heavy atom. The second-order valence-electron chi connectivity index (χ2n) is 4.23. The summed E-state index contributed by atoms with van der Waals surface area (Å²) in [5.74, 6) is 3.34. The lowest BCUT2D eigenvalue weighted by Crippen LogP contribution is -1.98. The van der Waals surface area contributed by atoms with Gasteiger partial charge in [0.1, 0.15) is 5.75 Å². The molecule has 3 rings (SSSR count). The van der Waals surface area contributed by atoms with Gasteiger partial charge < -0.3 is 14.2 Å². The topological polar surface area (TPSA) is 40.6 Å². The first-order valence-electron chi connectivity index (χ1n) is 6.48. The molecule has 0 aliphatic carbocycles. The fourth-order valence-corrected chi connectivity index (χ4v) is 2.61. The molecule has 0 atom stereocenters. The van der Waals surface area contributed by atoms with Crippen molar-refractivity contribution in [3.63, 3.8) is 0 Å². The van der Waals surface area contributed by atoms with Gasteiger partial charge in [0.15, 0.2) is 11.5 Å². The Kier molecular flexibility index (Phi) is 4.28. The van der Waals surface area contributed by atoms with Gasteiger partial charge in [-0.25, -0.2) is 4.98 Å². The van der Waals surface area contributed by atoms with E-state index in [1.165, 1.54) is 0 Å². The average molecular weight is 289 g/mol. The average Bonchev–Trinajstić information content (AvgIpc) is 2.95. The highest BCUT2D eigenvalue weighted by Gasteiger charge is 2.13. The normalized spacial score (nSPS) is 12.4. The largest absolute Gasteiger partial charge is 0.493 e. The monoisotopic (exact) mass is 289 g/mol. The first kappa shape index (κ1) is 13.1. The molecular weight excluding hydrogens is 274 g/mol. The molecule has 5 heteroatoms. The number of benzene rings is 1. The zero-order valence-electron chi connectivity index (χ0n) is 11.0. The molecule has 0 radical (unpaired) electrons. The van der Waals surface area contributed by atoms with Crippen molar-refractivity contribution in [2.24, 2.45) is 0 Å². The molecule has 0 bridgehead atoms. The van der Waals surface area contributed by atoms with Gasteiger partial charge in [-0.15, -0.1) is 11.8 Å². The van der Waals surface area contributed by atoms with Crippen LogP contribution < -0.4 is 14.2 Å². The maximum absolute atomic E-state index is 5.70. The molecule has 2 heterocycles. The highest BCUT2D eigenvalue weighted by atomic mass is 32.2. The molecule has 4 nitrogen and oxygen atoms in total. The van der Waals surface area contributed by atoms with Gasteiger partial charge >= 0.3 is 0 Å². The minimum absolute atomic E-state index is 0.291. The number of pyridine rings is 1. The number of hydrogen-bond donors (Lipinski definition) is 0. The van der Waals surface area contributed by atoms with E-state index >= 15 is 0 Å². The van der Waals surface area contributed by atoms with E-state index in [0.29, 0.717) is 13.4 Å². The Morgan fingerprint density at radius 3 is 3.00 bits per heavy atom. The summed E-state index contributed by atoms with van der Waals surface area (Å²) < 4.78 is 16.3. The van der Waals surface area contributed by atoms with Crippen LogP contribution in [0.4, 0.5) is 0 Å². The Morgan fingerprint density at radius 1 is 1.15 bits per heavy atom. The lowest BCUT2D eigenvalue weighted by molar-refractivity contribution is 0.173. The highest BCUT2D eigenvalue weighted by molar-refractivity contribution is 7.99. The molecule has 0 saturated heterocycles. The molecular formula is C15H15NO3S. The fourth-order valence-electron chi connectivity index (χ4n) is 1.82. The number of rotatable bonds is 6. The van der Waals surface area contributed by atoms with E-state index < -0.39 is 0 Å². The van der Waals surface area contributed by atoms with Crippen LogP contribution in [-0.4, -0.2) is 24.1 Å². The van der Waals surface area contributed by atoms with Crippen LogP contribution in [0.2, 0.25) is 0 Å². The van der Waals surface area contributed by atoms with E-state index in [9.17, 15) is 0 Å². The lowest BCUT2D eigenvalue weighted by Gasteiger charge is -2.06. The molecule has 1 aromatic heterocycles. The Labute approximate surface area is 122 Å². The van der Waals surface area contributed by atoms with Crippen LogP contribution in [0.3, 0.4) is 0 Å². The lowest BCUT2D eigenvalue weighted by atomic mass is 10.3. The van der Waals surface area contributed by atoms with E-state index in [-0.39, 0.29) is 0 Å². The van der Waals surface area contributed by atoms with Crippen molar-refractivity contribution in [2.75, 3.05) is 19.2 Å². The SMILES string of the molecule is c1ccc(SCCCOc2ccc3c(c2)OCO3)nc1. The number of fused-ring (bicyclic) bond motifs is 1. The van der Waals surface area contributed by atoms with E-state index in [4.69, 9.17) is 14.2 Å². The third kappa shape index (κ3) is 3.36. The molecule has 0 saturated carbocycles. The minimum Gasteiger partial charge on any atom is -0.493 e. The van der Waals surface area contributed by atoms with Crippen LogP contribution in [0, 0.1) is 0 Å². The summed E-state index contributed by atoms with van der Waals surface area (Å²) in [6.45, 7) is 0.971. The highest BCUT2D eigenvalue weighted by Crippen LogP contribution is 2.35. The van der Waals surface area contributed by atoms with Crippen molar-refractivity contribution < 1.29 is 14.2 Å². The molecule has 0 spiro atoms. The molecule has 2 aromatic rings. The Bertz CT molecular complexity index is 562. The molecule has 0 amide bonds. The van der Waals surface area contributed by atoms with Gasteiger partial charge in [-0.2, -0.15) is 0 Å². The summed E-state index contributed by atoms with van der Waals surface area (Å²) in [4.78, 5) is 4.27. The number of thioether (sulfide) groups is 1. The van der Waals surface area contributed by atoms with Crippen LogP contribution in [0.1, 0.15) is 6.42 Å². The Hall–Kier alpha value is -1.88. The van der Waals surface area contributed by atoms with Crippen LogP contribution in [-0.2, 0) is 0 Å². The molecule has 104 valence electrons. The van der Waals surface area contributed by atoms with Crippen molar-refractivity contribution >= 4 is 11.8 Å². The zero-order valence-corrected chi connectivity index (χ0v) is 11.8. The third-order valence-electron chi connectivity index (χ3n) is 2.79. The molecule has 0 unspecified atom stereocenters. The number of nitrogens with zero attached hydrogens (tertiary/aromatic N) is 1. The summed E-state index contributed by atoms with van der Waals surface area (Å²) in [6.07, 6.45) is 2.78. The van der Waals surface area contributed by atoms with Gasteiger partial charge in [-0.3, -0.25) is 0 Å². The van der Waals surface area contributed by atoms with Gasteiger partial charge in [0.05, 0.1) is 11.6 Å². The summed E-state index contributed by atoms with van der Waals surface area (Å²) in [5, 5.41) is 1.05. The van der Waals surface area contributed by atoms with Crippen LogP contribution in [0.15, 0.2) is 47.6 Å². The van der Waals surface area contributed by atoms with Gasteiger partial charge in [-0.05, 0) is 30.7 Å². The smallest absolute Gasteiger partial charge is 0.231 e. The second-order valence-corrected chi connectivity index (χ2v) is 5.35. The van der Waals surface area contributed by atoms with Crippen LogP contribution in [0.25, 0.3) is 0 Å². The van der Waals surface area contributed by atoms with E-state index in [1.807, 2.05) is 42.6 Å². The van der Waals surface area contributed by atoms with E-state index in [2.05, 4.69) is 4.98 Å². The van der Waals surface area contributed by atoms with Crippen LogP contribution >= 0.6 is 11.8 Å². The zero-order chi connectivity index (χ0) is 13.6. The maximum Gasteiger partial charge on any atom is 0.231 e. The summed E-state index contributed by atoms with van der Waals surface area (Å²) in [7, 11) is 0. The molecule has 1 aliphatic rings.